The van der Waals surface area contributed by atoms with Crippen LogP contribution in [0.3, 0.4) is 0 Å². The van der Waals surface area contributed by atoms with Gasteiger partial charge in [0.05, 0.1) is 22.5 Å². The second-order valence-electron chi connectivity index (χ2n) is 6.75. The average molecular weight is 500 g/mol. The summed E-state index contributed by atoms with van der Waals surface area (Å²) >= 11 is 5.82. The molecule has 178 valence electrons. The first-order valence-electron chi connectivity index (χ1n) is 8.82. The molecule has 0 spiro atoms. The van der Waals surface area contributed by atoms with E-state index in [9.17, 15) is 40.6 Å². The number of carboxylic acid groups (broad SMARTS) is 1. The maximum atomic E-state index is 14.7. The summed E-state index contributed by atoms with van der Waals surface area (Å²) in [6.45, 7) is -0.852. The SMILES string of the molecule is COCn1c(-n2cc(-c3ccc(Cl)c(C(=O)O)c3)cn2)ccc1C(F)(C(F)(F)F)C(F)(F)F. The van der Waals surface area contributed by atoms with Crippen LogP contribution in [0.25, 0.3) is 16.9 Å². The Labute approximate surface area is 185 Å². The zero-order valence-electron chi connectivity index (χ0n) is 16.4. The number of aromatic nitrogens is 3. The van der Waals surface area contributed by atoms with Crippen molar-refractivity contribution >= 4 is 17.6 Å². The maximum absolute atomic E-state index is 14.7. The molecular weight excluding hydrogens is 487 g/mol. The first-order valence-corrected chi connectivity index (χ1v) is 9.19. The van der Waals surface area contributed by atoms with Gasteiger partial charge in [-0.1, -0.05) is 17.7 Å². The third-order valence-electron chi connectivity index (χ3n) is 4.70. The molecule has 0 aliphatic carbocycles. The molecule has 1 aromatic carbocycles. The number of halogens is 8. The van der Waals surface area contributed by atoms with Crippen molar-refractivity contribution in [3.05, 3.63) is 59.0 Å². The normalized spacial score (nSPS) is 12.9. The Morgan fingerprint density at radius 2 is 1.70 bits per heavy atom. The lowest BCUT2D eigenvalue weighted by Crippen LogP contribution is -2.51. The molecular formula is C19H13ClF7N3O3. The second kappa shape index (κ2) is 8.37. The number of ether oxygens (including phenoxy) is 1. The predicted octanol–water partition coefficient (Wildman–Crippen LogP) is 5.59. The molecule has 2 aromatic heterocycles. The molecule has 33 heavy (non-hydrogen) atoms. The molecule has 6 nitrogen and oxygen atoms in total. The molecule has 0 fully saturated rings. The Hall–Kier alpha value is -3.06. The minimum Gasteiger partial charge on any atom is -0.478 e. The van der Waals surface area contributed by atoms with Gasteiger partial charge in [0.15, 0.2) is 0 Å². The van der Waals surface area contributed by atoms with E-state index in [4.69, 9.17) is 16.3 Å². The van der Waals surface area contributed by atoms with Crippen LogP contribution in [0.2, 0.25) is 5.02 Å². The lowest BCUT2D eigenvalue weighted by molar-refractivity contribution is -0.351. The minimum atomic E-state index is -6.31. The van der Waals surface area contributed by atoms with Crippen LogP contribution in [-0.4, -0.2) is 44.9 Å². The maximum Gasteiger partial charge on any atom is 0.437 e. The van der Waals surface area contributed by atoms with E-state index in [1.165, 1.54) is 30.6 Å². The smallest absolute Gasteiger partial charge is 0.437 e. The van der Waals surface area contributed by atoms with Crippen LogP contribution in [0.5, 0.6) is 0 Å². The van der Waals surface area contributed by atoms with E-state index in [-0.39, 0.29) is 22.0 Å². The van der Waals surface area contributed by atoms with Gasteiger partial charge in [-0.3, -0.25) is 0 Å². The van der Waals surface area contributed by atoms with E-state index in [0.717, 1.165) is 17.9 Å². The van der Waals surface area contributed by atoms with Crippen LogP contribution in [0.15, 0.2) is 42.7 Å². The van der Waals surface area contributed by atoms with Crippen molar-refractivity contribution in [2.24, 2.45) is 0 Å². The van der Waals surface area contributed by atoms with Crippen molar-refractivity contribution in [1.82, 2.24) is 14.3 Å². The summed E-state index contributed by atoms with van der Waals surface area (Å²) in [7, 11) is 1.00. The van der Waals surface area contributed by atoms with Crippen LogP contribution < -0.4 is 0 Å². The minimum absolute atomic E-state index is 0.0455. The molecule has 0 saturated heterocycles. The van der Waals surface area contributed by atoms with Crippen LogP contribution in [0, 0.1) is 0 Å². The fraction of sp³-hybridized carbons (Fsp3) is 0.263. The quantitative estimate of drug-likeness (QED) is 0.449. The summed E-state index contributed by atoms with van der Waals surface area (Å²) < 4.78 is 100. The predicted molar refractivity (Wildman–Crippen MR) is 101 cm³/mol. The highest BCUT2D eigenvalue weighted by atomic mass is 35.5. The number of carboxylic acids is 1. The lowest BCUT2D eigenvalue weighted by atomic mass is 10.0. The molecule has 3 rings (SSSR count). The van der Waals surface area contributed by atoms with Gasteiger partial charge in [0.25, 0.3) is 0 Å². The Morgan fingerprint density at radius 3 is 2.24 bits per heavy atom. The number of hydrogen-bond donors (Lipinski definition) is 1. The monoisotopic (exact) mass is 499 g/mol. The number of aromatic carboxylic acids is 1. The number of benzene rings is 1. The van der Waals surface area contributed by atoms with Crippen molar-refractivity contribution in [2.75, 3.05) is 7.11 Å². The van der Waals surface area contributed by atoms with Gasteiger partial charge in [-0.05, 0) is 29.8 Å². The van der Waals surface area contributed by atoms with Crippen molar-refractivity contribution in [2.45, 2.75) is 24.8 Å². The summed E-state index contributed by atoms with van der Waals surface area (Å²) in [5.74, 6) is -1.67. The summed E-state index contributed by atoms with van der Waals surface area (Å²) in [5, 5.41) is 13.0. The number of methoxy groups -OCH3 is 1. The average Bonchev–Trinajstić information content (AvgIpc) is 3.33. The summed E-state index contributed by atoms with van der Waals surface area (Å²) in [5.41, 5.74) is -7.07. The first-order chi connectivity index (χ1) is 15.2. The molecule has 0 bridgehead atoms. The molecule has 0 aliphatic rings. The molecule has 1 N–H and O–H groups in total. The molecule has 2 heterocycles. The van der Waals surface area contributed by atoms with Crippen LogP contribution in [0.4, 0.5) is 30.7 Å². The van der Waals surface area contributed by atoms with Gasteiger partial charge in [-0.25, -0.2) is 13.9 Å². The summed E-state index contributed by atoms with van der Waals surface area (Å²) in [6, 6.07) is 5.12. The van der Waals surface area contributed by atoms with E-state index in [2.05, 4.69) is 5.10 Å². The van der Waals surface area contributed by atoms with E-state index in [1.54, 1.807) is 0 Å². The fourth-order valence-corrected chi connectivity index (χ4v) is 3.34. The van der Waals surface area contributed by atoms with Gasteiger partial charge in [-0.15, -0.1) is 0 Å². The first kappa shape index (κ1) is 24.6. The third kappa shape index (κ3) is 4.17. The number of nitrogens with zero attached hydrogens (tertiary/aromatic N) is 3. The Kier molecular flexibility index (Phi) is 6.24. The largest absolute Gasteiger partial charge is 0.478 e. The van der Waals surface area contributed by atoms with Crippen LogP contribution in [0.1, 0.15) is 16.1 Å². The van der Waals surface area contributed by atoms with Crippen molar-refractivity contribution in [3.63, 3.8) is 0 Å². The fourth-order valence-electron chi connectivity index (χ4n) is 3.14. The van der Waals surface area contributed by atoms with Crippen LogP contribution >= 0.6 is 11.6 Å². The standard InChI is InChI=1S/C19H13ClF7N3O3/c1-33-9-29-14(17(21,18(22,23)24)19(25,26)27)4-5-15(29)30-8-11(7-28-30)10-2-3-13(20)12(6-10)16(31)32/h2-8H,9H2,1H3,(H,31,32). The summed E-state index contributed by atoms with van der Waals surface area (Å²) in [6.07, 6.45) is -10.2. The highest BCUT2D eigenvalue weighted by Gasteiger charge is 2.74. The van der Waals surface area contributed by atoms with E-state index in [1.807, 2.05) is 0 Å². The number of carbonyl (C=O) groups is 1. The topological polar surface area (TPSA) is 69.3 Å². The third-order valence-corrected chi connectivity index (χ3v) is 5.03. The lowest BCUT2D eigenvalue weighted by Gasteiger charge is -2.31. The van der Waals surface area contributed by atoms with Crippen molar-refractivity contribution in [1.29, 1.82) is 0 Å². The van der Waals surface area contributed by atoms with Gasteiger partial charge in [-0.2, -0.15) is 31.4 Å². The van der Waals surface area contributed by atoms with Crippen molar-refractivity contribution in [3.8, 4) is 16.9 Å². The molecule has 0 saturated carbocycles. The van der Waals surface area contributed by atoms with Gasteiger partial charge in [0.1, 0.15) is 12.5 Å². The molecule has 0 atom stereocenters. The van der Waals surface area contributed by atoms with E-state index < -0.39 is 36.4 Å². The molecule has 0 aliphatic heterocycles. The van der Waals surface area contributed by atoms with E-state index in [0.29, 0.717) is 16.2 Å². The molecule has 0 unspecified atom stereocenters. The van der Waals surface area contributed by atoms with Gasteiger partial charge in [0.2, 0.25) is 0 Å². The van der Waals surface area contributed by atoms with Crippen LogP contribution in [-0.2, 0) is 17.1 Å². The molecule has 3 aromatic rings. The zero-order chi connectivity index (χ0) is 24.8. The number of rotatable bonds is 6. The summed E-state index contributed by atoms with van der Waals surface area (Å²) in [4.78, 5) is 11.3. The van der Waals surface area contributed by atoms with Gasteiger partial charge >= 0.3 is 24.0 Å². The Morgan fingerprint density at radius 1 is 1.06 bits per heavy atom. The van der Waals surface area contributed by atoms with Crippen molar-refractivity contribution < 1.29 is 45.4 Å². The highest BCUT2D eigenvalue weighted by molar-refractivity contribution is 6.33. The number of hydrogen-bond acceptors (Lipinski definition) is 3. The highest BCUT2D eigenvalue weighted by Crippen LogP contribution is 2.53. The second-order valence-corrected chi connectivity index (χ2v) is 7.16. The van der Waals surface area contributed by atoms with E-state index >= 15 is 0 Å². The van der Waals surface area contributed by atoms with Gasteiger partial charge < -0.3 is 14.4 Å². The van der Waals surface area contributed by atoms with Gasteiger partial charge in [0, 0.05) is 18.9 Å². The Balaban J connectivity index is 2.14. The Bertz CT molecular complexity index is 1170. The molecule has 0 amide bonds. The molecule has 0 radical (unpaired) electrons. The zero-order valence-corrected chi connectivity index (χ0v) is 17.1. The molecule has 14 heteroatoms. The number of alkyl halides is 7.